The Balaban J connectivity index is 1.43. The van der Waals surface area contributed by atoms with Crippen molar-refractivity contribution in [2.75, 3.05) is 32.4 Å². The topological polar surface area (TPSA) is 110 Å². The number of carbonyl (C=O) groups is 2. The second kappa shape index (κ2) is 4.29. The maximum atomic E-state index is 12.6. The number of hydrogen-bond acceptors (Lipinski definition) is 4. The van der Waals surface area contributed by atoms with Crippen LogP contribution in [0.1, 0.15) is 19.3 Å². The van der Waals surface area contributed by atoms with E-state index < -0.39 is 16.1 Å². The molecule has 0 aromatic carbocycles. The highest BCUT2D eigenvalue weighted by atomic mass is 32.2. The van der Waals surface area contributed by atoms with Gasteiger partial charge in [0.05, 0.1) is 17.8 Å². The summed E-state index contributed by atoms with van der Waals surface area (Å²) in [5.74, 6) is 0. The Labute approximate surface area is 134 Å². The van der Waals surface area contributed by atoms with E-state index >= 15 is 0 Å². The molecule has 5 fully saturated rings. The van der Waals surface area contributed by atoms with E-state index in [2.05, 4.69) is 4.72 Å². The molecule has 2 saturated heterocycles. The van der Waals surface area contributed by atoms with Gasteiger partial charge in [0.25, 0.3) is 0 Å². The minimum atomic E-state index is -3.24. The average molecular weight is 344 g/mol. The highest BCUT2D eigenvalue weighted by Gasteiger charge is 2.73. The molecule has 5 aliphatic rings. The van der Waals surface area contributed by atoms with E-state index in [1.165, 1.54) is 4.90 Å². The molecule has 3 saturated carbocycles. The molecule has 2 bridgehead atoms. The molecule has 3 amide bonds. The predicted molar refractivity (Wildman–Crippen MR) is 79.5 cm³/mol. The zero-order valence-electron chi connectivity index (χ0n) is 12.9. The van der Waals surface area contributed by atoms with Crippen molar-refractivity contribution in [2.45, 2.75) is 36.4 Å². The first-order chi connectivity index (χ1) is 10.6. The first-order valence-corrected chi connectivity index (χ1v) is 9.57. The highest BCUT2D eigenvalue weighted by molar-refractivity contribution is 7.88. The Hall–Kier alpha value is -1.55. The average Bonchev–Trinajstić information content (AvgIpc) is 2.68. The Morgan fingerprint density at radius 3 is 2.48 bits per heavy atom. The van der Waals surface area contributed by atoms with E-state index in [0.717, 1.165) is 6.26 Å². The second-order valence-corrected chi connectivity index (χ2v) is 9.13. The minimum absolute atomic E-state index is 0.0345. The summed E-state index contributed by atoms with van der Waals surface area (Å²) in [6.07, 6.45) is 2.17. The van der Waals surface area contributed by atoms with Crippen LogP contribution in [0.25, 0.3) is 0 Å². The molecule has 2 heterocycles. The number of fused-ring (bicyclic) bond motifs is 1. The molecule has 0 unspecified atom stereocenters. The quantitative estimate of drug-likeness (QED) is 0.704. The lowest BCUT2D eigenvalue weighted by Gasteiger charge is -2.72. The minimum Gasteiger partial charge on any atom is -0.465 e. The molecule has 1 atom stereocenters. The van der Waals surface area contributed by atoms with E-state index in [9.17, 15) is 18.0 Å². The largest absolute Gasteiger partial charge is 0.465 e. The van der Waals surface area contributed by atoms with E-state index in [-0.39, 0.29) is 23.2 Å². The summed E-state index contributed by atoms with van der Waals surface area (Å²) in [7, 11) is -3.24. The van der Waals surface area contributed by atoms with Crippen molar-refractivity contribution in [1.29, 1.82) is 0 Å². The molecular weight excluding hydrogens is 324 g/mol. The number of carboxylic acid groups (broad SMARTS) is 1. The number of sulfonamides is 1. The van der Waals surface area contributed by atoms with Crippen molar-refractivity contribution in [2.24, 2.45) is 0 Å². The second-order valence-electron chi connectivity index (χ2n) is 7.38. The molecule has 5 rings (SSSR count). The van der Waals surface area contributed by atoms with E-state index in [0.29, 0.717) is 45.4 Å². The number of hydrogen-bond donors (Lipinski definition) is 2. The van der Waals surface area contributed by atoms with Crippen LogP contribution in [0.3, 0.4) is 0 Å². The van der Waals surface area contributed by atoms with Gasteiger partial charge in [0.1, 0.15) is 0 Å². The molecule has 10 heteroatoms. The summed E-state index contributed by atoms with van der Waals surface area (Å²) >= 11 is 0. The molecular formula is C13H20N4O5S. The standard InChI is InChI=1S/C13H20N4O5S/c1-23(21,22)14-12-6-13(7-12,8-12)17-5-9-4-15(11(19)20)2-3-16(9)10(17)18/h9,14H,2-8H2,1H3,(H,19,20)/t9-,12?,13?/m0/s1. The monoisotopic (exact) mass is 344 g/mol. The maximum Gasteiger partial charge on any atom is 0.407 e. The van der Waals surface area contributed by atoms with Crippen LogP contribution in [0.2, 0.25) is 0 Å². The first-order valence-electron chi connectivity index (χ1n) is 7.68. The lowest BCUT2D eigenvalue weighted by Crippen LogP contribution is -2.83. The summed E-state index contributed by atoms with van der Waals surface area (Å²) in [4.78, 5) is 28.7. The lowest BCUT2D eigenvalue weighted by atomic mass is 9.44. The van der Waals surface area contributed by atoms with Gasteiger partial charge in [-0.05, 0) is 19.3 Å². The zero-order chi connectivity index (χ0) is 16.6. The third-order valence-electron chi connectivity index (χ3n) is 5.60. The first kappa shape index (κ1) is 15.0. The van der Waals surface area contributed by atoms with Gasteiger partial charge in [-0.3, -0.25) is 0 Å². The molecule has 3 aliphatic carbocycles. The summed E-state index contributed by atoms with van der Waals surface area (Å²) in [5.41, 5.74) is -0.607. The number of rotatable bonds is 3. The van der Waals surface area contributed by atoms with E-state index in [4.69, 9.17) is 5.11 Å². The van der Waals surface area contributed by atoms with Gasteiger partial charge < -0.3 is 19.8 Å². The molecule has 128 valence electrons. The normalized spacial score (nSPS) is 38.9. The van der Waals surface area contributed by atoms with Crippen molar-refractivity contribution in [3.8, 4) is 0 Å². The van der Waals surface area contributed by atoms with Crippen LogP contribution in [-0.4, -0.2) is 89.9 Å². The van der Waals surface area contributed by atoms with Gasteiger partial charge in [-0.1, -0.05) is 0 Å². The van der Waals surface area contributed by atoms with Gasteiger partial charge in [-0.2, -0.15) is 0 Å². The predicted octanol–water partition coefficient (Wildman–Crippen LogP) is -0.689. The number of amides is 3. The van der Waals surface area contributed by atoms with Crippen LogP contribution in [0, 0.1) is 0 Å². The van der Waals surface area contributed by atoms with E-state index in [1.54, 1.807) is 4.90 Å². The molecule has 23 heavy (non-hydrogen) atoms. The molecule has 9 nitrogen and oxygen atoms in total. The van der Waals surface area contributed by atoms with Crippen LogP contribution in [0.4, 0.5) is 9.59 Å². The van der Waals surface area contributed by atoms with Crippen LogP contribution in [0.15, 0.2) is 0 Å². The van der Waals surface area contributed by atoms with Gasteiger partial charge >= 0.3 is 12.1 Å². The van der Waals surface area contributed by atoms with Crippen molar-refractivity contribution in [3.63, 3.8) is 0 Å². The van der Waals surface area contributed by atoms with Gasteiger partial charge in [0.15, 0.2) is 0 Å². The third-order valence-corrected chi connectivity index (χ3v) is 6.40. The molecule has 0 aromatic heterocycles. The summed E-state index contributed by atoms with van der Waals surface area (Å²) < 4.78 is 25.5. The van der Waals surface area contributed by atoms with Crippen molar-refractivity contribution in [3.05, 3.63) is 0 Å². The Kier molecular flexibility index (Phi) is 2.80. The fourth-order valence-electron chi connectivity index (χ4n) is 4.80. The van der Waals surface area contributed by atoms with Gasteiger partial charge in [0.2, 0.25) is 10.0 Å². The number of nitrogens with one attached hydrogen (secondary N) is 1. The molecule has 0 aromatic rings. The number of carbonyl (C=O) groups excluding carboxylic acids is 1. The van der Waals surface area contributed by atoms with Crippen molar-refractivity contribution < 1.29 is 23.1 Å². The molecule has 0 spiro atoms. The fraction of sp³-hybridized carbons (Fsp3) is 0.846. The van der Waals surface area contributed by atoms with Crippen molar-refractivity contribution in [1.82, 2.24) is 19.4 Å². The Morgan fingerprint density at radius 1 is 1.26 bits per heavy atom. The lowest BCUT2D eigenvalue weighted by molar-refractivity contribution is -0.145. The molecule has 2 aliphatic heterocycles. The van der Waals surface area contributed by atoms with Crippen LogP contribution < -0.4 is 4.72 Å². The summed E-state index contributed by atoms with van der Waals surface area (Å²) in [6.45, 7) is 1.64. The molecule has 2 N–H and O–H groups in total. The Bertz CT molecular complexity index is 673. The van der Waals surface area contributed by atoms with Gasteiger partial charge in [0, 0.05) is 31.7 Å². The maximum absolute atomic E-state index is 12.6. The smallest absolute Gasteiger partial charge is 0.407 e. The van der Waals surface area contributed by atoms with Gasteiger partial charge in [-0.25, -0.2) is 22.7 Å². The highest BCUT2D eigenvalue weighted by Crippen LogP contribution is 2.64. The number of urea groups is 1. The van der Waals surface area contributed by atoms with Crippen LogP contribution in [-0.2, 0) is 10.0 Å². The molecule has 0 radical (unpaired) electrons. The summed E-state index contributed by atoms with van der Waals surface area (Å²) in [6, 6.07) is -0.132. The van der Waals surface area contributed by atoms with Gasteiger partial charge in [-0.15, -0.1) is 0 Å². The summed E-state index contributed by atoms with van der Waals surface area (Å²) in [5, 5.41) is 9.10. The van der Waals surface area contributed by atoms with Crippen LogP contribution >= 0.6 is 0 Å². The van der Waals surface area contributed by atoms with Crippen LogP contribution in [0.5, 0.6) is 0 Å². The number of piperazine rings is 1. The fourth-order valence-corrected chi connectivity index (χ4v) is 5.80. The zero-order valence-corrected chi connectivity index (χ0v) is 13.7. The Morgan fingerprint density at radius 2 is 1.91 bits per heavy atom. The van der Waals surface area contributed by atoms with Crippen molar-refractivity contribution >= 4 is 22.1 Å². The SMILES string of the molecule is CS(=O)(=O)NC12CC(N3C[C@@H]4CN(C(=O)O)CCN4C3=O)(C1)C2. The number of nitrogens with zero attached hydrogens (tertiary/aromatic N) is 3. The third kappa shape index (κ3) is 2.11. The van der Waals surface area contributed by atoms with E-state index in [1.807, 2.05) is 4.90 Å².